The number of aromatic nitrogens is 1. The van der Waals surface area contributed by atoms with Gasteiger partial charge in [0.1, 0.15) is 16.6 Å². The molecule has 0 saturated heterocycles. The van der Waals surface area contributed by atoms with Crippen molar-refractivity contribution in [2.75, 3.05) is 42.1 Å². The molecule has 35 heavy (non-hydrogen) atoms. The maximum Gasteiger partial charge on any atom is 0.203 e. The second-order valence-electron chi connectivity index (χ2n) is 7.67. The summed E-state index contributed by atoms with van der Waals surface area (Å²) < 4.78 is 27.0. The zero-order valence-corrected chi connectivity index (χ0v) is 21.0. The molecule has 0 saturated carbocycles. The number of nitrogens with zero attached hydrogens (tertiary/aromatic N) is 2. The van der Waals surface area contributed by atoms with Gasteiger partial charge in [-0.2, -0.15) is 0 Å². The van der Waals surface area contributed by atoms with Gasteiger partial charge < -0.3 is 33.7 Å². The predicted octanol–water partition coefficient (Wildman–Crippen LogP) is 4.62. The lowest BCUT2D eigenvalue weighted by molar-refractivity contribution is 0.321. The minimum absolute atomic E-state index is 0.107. The van der Waals surface area contributed by atoms with E-state index in [1.54, 1.807) is 40.4 Å². The van der Waals surface area contributed by atoms with Gasteiger partial charge >= 0.3 is 0 Å². The minimum atomic E-state index is 0.107. The van der Waals surface area contributed by atoms with Gasteiger partial charge in [0.15, 0.2) is 23.0 Å². The van der Waals surface area contributed by atoms with Gasteiger partial charge in [-0.3, -0.25) is 5.41 Å². The third-order valence-electron chi connectivity index (χ3n) is 5.68. The predicted molar refractivity (Wildman–Crippen MR) is 134 cm³/mol. The molecular formula is C25H27N3O6S. The van der Waals surface area contributed by atoms with Crippen LogP contribution in [0.15, 0.2) is 41.5 Å². The van der Waals surface area contributed by atoms with Crippen molar-refractivity contribution in [1.29, 1.82) is 5.41 Å². The van der Waals surface area contributed by atoms with Crippen LogP contribution in [0, 0.1) is 5.41 Å². The van der Waals surface area contributed by atoms with Gasteiger partial charge in [-0.05, 0) is 35.9 Å². The van der Waals surface area contributed by atoms with Crippen LogP contribution in [0.3, 0.4) is 0 Å². The van der Waals surface area contributed by atoms with Crippen molar-refractivity contribution in [3.8, 4) is 40.0 Å². The molecule has 0 spiro atoms. The zero-order chi connectivity index (χ0) is 25.1. The molecule has 4 rings (SSSR count). The number of rotatable bonds is 9. The molecule has 3 aromatic rings. The molecule has 2 N–H and O–H groups in total. The van der Waals surface area contributed by atoms with Gasteiger partial charge in [0.25, 0.3) is 0 Å². The van der Waals surface area contributed by atoms with Crippen molar-refractivity contribution >= 4 is 22.7 Å². The van der Waals surface area contributed by atoms with E-state index >= 15 is 0 Å². The number of amidine groups is 1. The molecule has 9 nitrogen and oxygen atoms in total. The van der Waals surface area contributed by atoms with Crippen molar-refractivity contribution in [2.45, 2.75) is 6.54 Å². The van der Waals surface area contributed by atoms with Crippen molar-refractivity contribution in [1.82, 2.24) is 9.88 Å². The van der Waals surface area contributed by atoms with Gasteiger partial charge in [0.2, 0.25) is 5.75 Å². The smallest absolute Gasteiger partial charge is 0.203 e. The van der Waals surface area contributed by atoms with Gasteiger partial charge in [-0.15, -0.1) is 11.3 Å². The van der Waals surface area contributed by atoms with Crippen molar-refractivity contribution in [3.63, 3.8) is 0 Å². The number of nitrogens with one attached hydrogen (secondary N) is 1. The highest BCUT2D eigenvalue weighted by molar-refractivity contribution is 7.11. The molecule has 0 fully saturated rings. The van der Waals surface area contributed by atoms with Crippen LogP contribution in [0.2, 0.25) is 0 Å². The number of methoxy groups -OCH3 is 5. The topological polar surface area (TPSA) is 106 Å². The quantitative estimate of drug-likeness (QED) is 0.441. The standard InChI is InChI=1S/C25H27N3O6S/c1-30-18-7-6-15(10-19(18)31-2)16-13-35-25(27-16)22-17(29)12-28(24(22)26)11-14-8-20(32-3)23(34-5)21(9-14)33-4/h6-10,13,26,29H,11-12H2,1-5H3. The number of aliphatic hydroxyl groups excluding tert-OH is 1. The van der Waals surface area contributed by atoms with E-state index in [9.17, 15) is 5.11 Å². The molecule has 0 atom stereocenters. The highest BCUT2D eigenvalue weighted by atomic mass is 32.1. The van der Waals surface area contributed by atoms with E-state index in [1.807, 2.05) is 35.7 Å². The number of hydrogen-bond acceptors (Lipinski definition) is 9. The van der Waals surface area contributed by atoms with Crippen LogP contribution in [0.25, 0.3) is 16.8 Å². The van der Waals surface area contributed by atoms with E-state index < -0.39 is 0 Å². The lowest BCUT2D eigenvalue weighted by Gasteiger charge is -2.20. The van der Waals surface area contributed by atoms with E-state index in [2.05, 4.69) is 0 Å². The molecule has 0 unspecified atom stereocenters. The van der Waals surface area contributed by atoms with E-state index in [-0.39, 0.29) is 18.1 Å². The Bertz CT molecular complexity index is 1260. The first-order valence-corrected chi connectivity index (χ1v) is 11.5. The third-order valence-corrected chi connectivity index (χ3v) is 6.54. The van der Waals surface area contributed by atoms with Crippen LogP contribution < -0.4 is 23.7 Å². The molecule has 10 heteroatoms. The van der Waals surface area contributed by atoms with E-state index in [0.29, 0.717) is 45.9 Å². The Labute approximate surface area is 207 Å². The maximum atomic E-state index is 10.7. The number of thiazole rings is 1. The summed E-state index contributed by atoms with van der Waals surface area (Å²) in [5, 5.41) is 21.9. The molecule has 1 aromatic heterocycles. The molecule has 0 radical (unpaired) electrons. The minimum Gasteiger partial charge on any atom is -0.510 e. The van der Waals surface area contributed by atoms with Crippen LogP contribution in [-0.4, -0.2) is 62.9 Å². The summed E-state index contributed by atoms with van der Waals surface area (Å²) in [5.74, 6) is 3.11. The lowest BCUT2D eigenvalue weighted by Crippen LogP contribution is -2.26. The zero-order valence-electron chi connectivity index (χ0n) is 20.2. The monoisotopic (exact) mass is 497 g/mol. The molecule has 2 heterocycles. The first-order chi connectivity index (χ1) is 16.9. The average Bonchev–Trinajstić information content (AvgIpc) is 3.46. The molecular weight excluding hydrogens is 470 g/mol. The van der Waals surface area contributed by atoms with Crippen LogP contribution in [0.5, 0.6) is 28.7 Å². The summed E-state index contributed by atoms with van der Waals surface area (Å²) in [6.45, 7) is 0.577. The summed E-state index contributed by atoms with van der Waals surface area (Å²) >= 11 is 1.37. The van der Waals surface area contributed by atoms with Crippen molar-refractivity contribution in [3.05, 3.63) is 52.0 Å². The molecule has 1 aliphatic rings. The normalized spacial score (nSPS) is 13.3. The fraction of sp³-hybridized carbons (Fsp3) is 0.280. The first kappa shape index (κ1) is 24.2. The summed E-state index contributed by atoms with van der Waals surface area (Å²) in [6, 6.07) is 9.24. The van der Waals surface area contributed by atoms with E-state index in [4.69, 9.17) is 34.1 Å². The largest absolute Gasteiger partial charge is 0.510 e. The summed E-state index contributed by atoms with van der Waals surface area (Å²) in [5.41, 5.74) is 2.85. The number of hydrogen-bond donors (Lipinski definition) is 2. The van der Waals surface area contributed by atoms with Crippen molar-refractivity contribution in [2.24, 2.45) is 0 Å². The van der Waals surface area contributed by atoms with Crippen LogP contribution >= 0.6 is 11.3 Å². The third kappa shape index (κ3) is 4.57. The molecule has 2 aromatic carbocycles. The Morgan fingerprint density at radius 3 is 2.17 bits per heavy atom. The van der Waals surface area contributed by atoms with Crippen LogP contribution in [0.1, 0.15) is 10.6 Å². The Morgan fingerprint density at radius 1 is 0.914 bits per heavy atom. The SMILES string of the molecule is COc1ccc(-c2csc(C3=C(O)CN(Cc4cc(OC)c(OC)c(OC)c4)C3=N)n2)cc1OC. The van der Waals surface area contributed by atoms with E-state index in [0.717, 1.165) is 16.8 Å². The van der Waals surface area contributed by atoms with Crippen LogP contribution in [0.4, 0.5) is 0 Å². The Kier molecular flexibility index (Phi) is 7.02. The maximum absolute atomic E-state index is 10.7. The number of ether oxygens (including phenoxy) is 5. The Balaban J connectivity index is 1.57. The molecule has 0 amide bonds. The second kappa shape index (κ2) is 10.1. The van der Waals surface area contributed by atoms with E-state index in [1.165, 1.54) is 11.3 Å². The lowest BCUT2D eigenvalue weighted by atomic mass is 10.1. The highest BCUT2D eigenvalue weighted by Crippen LogP contribution is 2.40. The summed E-state index contributed by atoms with van der Waals surface area (Å²) in [4.78, 5) is 6.46. The first-order valence-electron chi connectivity index (χ1n) is 10.7. The average molecular weight is 498 g/mol. The van der Waals surface area contributed by atoms with Crippen LogP contribution in [-0.2, 0) is 6.54 Å². The second-order valence-corrected chi connectivity index (χ2v) is 8.53. The highest BCUT2D eigenvalue weighted by Gasteiger charge is 2.31. The summed E-state index contributed by atoms with van der Waals surface area (Å²) in [7, 11) is 7.84. The van der Waals surface area contributed by atoms with Gasteiger partial charge in [0.05, 0.1) is 53.4 Å². The Hall–Kier alpha value is -3.92. The number of benzene rings is 2. The molecule has 0 bridgehead atoms. The molecule has 0 aliphatic carbocycles. The molecule has 184 valence electrons. The molecule has 1 aliphatic heterocycles. The van der Waals surface area contributed by atoms with Gasteiger partial charge in [0, 0.05) is 17.5 Å². The van der Waals surface area contributed by atoms with Gasteiger partial charge in [-0.1, -0.05) is 0 Å². The van der Waals surface area contributed by atoms with Gasteiger partial charge in [-0.25, -0.2) is 4.98 Å². The summed E-state index contributed by atoms with van der Waals surface area (Å²) in [6.07, 6.45) is 0. The fourth-order valence-electron chi connectivity index (χ4n) is 3.96. The number of aliphatic hydroxyl groups is 1. The fourth-order valence-corrected chi connectivity index (χ4v) is 4.85. The van der Waals surface area contributed by atoms with Crippen molar-refractivity contribution < 1.29 is 28.8 Å². The Morgan fingerprint density at radius 2 is 1.57 bits per heavy atom.